The molecule has 80 valence electrons. The van der Waals surface area contributed by atoms with Gasteiger partial charge in [0.05, 0.1) is 6.54 Å². The number of aromatic nitrogens is 2. The highest BCUT2D eigenvalue weighted by Crippen LogP contribution is 1.96. The Balaban J connectivity index is 0.00000169. The molecule has 1 amide bonds. The second kappa shape index (κ2) is 6.33. The van der Waals surface area contributed by atoms with Crippen LogP contribution < -0.4 is 11.1 Å². The number of carbonyl (C=O) groups is 1. The largest absolute Gasteiger partial charge is 0.347 e. The summed E-state index contributed by atoms with van der Waals surface area (Å²) in [6.45, 7) is 2.18. The fourth-order valence-corrected chi connectivity index (χ4v) is 0.793. The Morgan fingerprint density at radius 1 is 1.64 bits per heavy atom. The van der Waals surface area contributed by atoms with E-state index >= 15 is 0 Å². The Kier molecular flexibility index (Phi) is 5.82. The lowest BCUT2D eigenvalue weighted by Gasteiger charge is -1.93. The average Bonchev–Trinajstić information content (AvgIpc) is 2.50. The molecule has 1 rings (SSSR count). The van der Waals surface area contributed by atoms with Gasteiger partial charge in [0.15, 0.2) is 5.82 Å². The molecule has 3 N–H and O–H groups in total. The van der Waals surface area contributed by atoms with Gasteiger partial charge in [-0.05, 0) is 6.54 Å². The van der Waals surface area contributed by atoms with E-state index in [9.17, 15) is 4.79 Å². The zero-order valence-corrected chi connectivity index (χ0v) is 8.63. The topological polar surface area (TPSA) is 94.0 Å². The lowest BCUT2D eigenvalue weighted by molar-refractivity contribution is -0.119. The minimum Gasteiger partial charge on any atom is -0.347 e. The van der Waals surface area contributed by atoms with Crippen LogP contribution in [-0.4, -0.2) is 22.6 Å². The SMILES string of the molecule is CC(=O)NCc1nc(CCN)no1.Cl. The minimum atomic E-state index is -0.126. The summed E-state index contributed by atoms with van der Waals surface area (Å²) in [7, 11) is 0. The van der Waals surface area contributed by atoms with E-state index in [0.29, 0.717) is 24.7 Å². The van der Waals surface area contributed by atoms with Crippen LogP contribution in [0.3, 0.4) is 0 Å². The molecule has 1 aromatic rings. The predicted octanol–water partition coefficient (Wildman–Crippen LogP) is -0.371. The number of carbonyl (C=O) groups excluding carboxylic acids is 1. The molecule has 0 bridgehead atoms. The van der Waals surface area contributed by atoms with Gasteiger partial charge in [0, 0.05) is 13.3 Å². The molecule has 14 heavy (non-hydrogen) atoms. The van der Waals surface area contributed by atoms with Crippen molar-refractivity contribution < 1.29 is 9.32 Å². The first-order valence-electron chi connectivity index (χ1n) is 3.98. The maximum Gasteiger partial charge on any atom is 0.246 e. The highest BCUT2D eigenvalue weighted by atomic mass is 35.5. The predicted molar refractivity (Wildman–Crippen MR) is 51.8 cm³/mol. The lowest BCUT2D eigenvalue weighted by Crippen LogP contribution is -2.19. The Bertz CT molecular complexity index is 289. The number of halogens is 1. The van der Waals surface area contributed by atoms with Crippen LogP contribution in [0.1, 0.15) is 18.6 Å². The fraction of sp³-hybridized carbons (Fsp3) is 0.571. The van der Waals surface area contributed by atoms with Crippen LogP contribution in [0.25, 0.3) is 0 Å². The third-order valence-electron chi connectivity index (χ3n) is 1.37. The molecule has 0 aliphatic carbocycles. The number of nitrogens with zero attached hydrogens (tertiary/aromatic N) is 2. The van der Waals surface area contributed by atoms with Crippen molar-refractivity contribution in [3.05, 3.63) is 11.7 Å². The molecule has 0 saturated carbocycles. The highest BCUT2D eigenvalue weighted by molar-refractivity contribution is 5.85. The number of hydrogen-bond donors (Lipinski definition) is 2. The van der Waals surface area contributed by atoms with Gasteiger partial charge in [-0.1, -0.05) is 5.16 Å². The van der Waals surface area contributed by atoms with Crippen LogP contribution in [0.4, 0.5) is 0 Å². The van der Waals surface area contributed by atoms with E-state index in [2.05, 4.69) is 15.5 Å². The van der Waals surface area contributed by atoms with E-state index in [1.54, 1.807) is 0 Å². The molecular weight excluding hydrogens is 208 g/mol. The van der Waals surface area contributed by atoms with Crippen molar-refractivity contribution in [3.8, 4) is 0 Å². The average molecular weight is 221 g/mol. The third-order valence-corrected chi connectivity index (χ3v) is 1.37. The first-order valence-corrected chi connectivity index (χ1v) is 3.98. The van der Waals surface area contributed by atoms with Crippen LogP contribution in [0.5, 0.6) is 0 Å². The van der Waals surface area contributed by atoms with Crippen LogP contribution in [0, 0.1) is 0 Å². The molecule has 0 unspecified atom stereocenters. The summed E-state index contributed by atoms with van der Waals surface area (Å²) in [5.41, 5.74) is 5.30. The molecule has 1 aromatic heterocycles. The molecule has 0 fully saturated rings. The Morgan fingerprint density at radius 2 is 2.36 bits per heavy atom. The van der Waals surface area contributed by atoms with Gasteiger partial charge in [-0.15, -0.1) is 12.4 Å². The molecule has 0 atom stereocenters. The fourth-order valence-electron chi connectivity index (χ4n) is 0.793. The molecule has 0 aliphatic rings. The maximum atomic E-state index is 10.5. The quantitative estimate of drug-likeness (QED) is 0.722. The minimum absolute atomic E-state index is 0. The summed E-state index contributed by atoms with van der Waals surface area (Å²) in [4.78, 5) is 14.5. The summed E-state index contributed by atoms with van der Waals surface area (Å²) < 4.78 is 4.84. The van der Waals surface area contributed by atoms with Gasteiger partial charge in [0.1, 0.15) is 0 Å². The molecule has 0 aromatic carbocycles. The van der Waals surface area contributed by atoms with Gasteiger partial charge in [-0.3, -0.25) is 4.79 Å². The standard InChI is InChI=1S/C7H12N4O2.ClH/c1-5(12)9-4-7-10-6(2-3-8)11-13-7;/h2-4,8H2,1H3,(H,9,12);1H. The van der Waals surface area contributed by atoms with Gasteiger partial charge in [0.25, 0.3) is 0 Å². The summed E-state index contributed by atoms with van der Waals surface area (Å²) in [5.74, 6) is 0.847. The van der Waals surface area contributed by atoms with E-state index in [1.807, 2.05) is 0 Å². The third kappa shape index (κ3) is 4.20. The summed E-state index contributed by atoms with van der Waals surface area (Å²) in [6.07, 6.45) is 0.587. The number of hydrogen-bond acceptors (Lipinski definition) is 5. The zero-order valence-electron chi connectivity index (χ0n) is 7.82. The van der Waals surface area contributed by atoms with Crippen LogP contribution in [0.2, 0.25) is 0 Å². The molecule has 7 heteroatoms. The molecular formula is C7H13ClN4O2. The molecule has 0 radical (unpaired) electrons. The number of rotatable bonds is 4. The molecule has 0 spiro atoms. The maximum absolute atomic E-state index is 10.5. The van der Waals surface area contributed by atoms with Gasteiger partial charge in [-0.2, -0.15) is 4.98 Å². The van der Waals surface area contributed by atoms with Crippen molar-refractivity contribution in [2.24, 2.45) is 5.73 Å². The van der Waals surface area contributed by atoms with Crippen molar-refractivity contribution in [3.63, 3.8) is 0 Å². The van der Waals surface area contributed by atoms with Crippen LogP contribution >= 0.6 is 12.4 Å². The monoisotopic (exact) mass is 220 g/mol. The normalized spacial score (nSPS) is 9.29. The molecule has 6 nitrogen and oxygen atoms in total. The Hall–Kier alpha value is -1.14. The number of nitrogens with two attached hydrogens (primary N) is 1. The Labute approximate surface area is 87.6 Å². The van der Waals surface area contributed by atoms with Gasteiger partial charge >= 0.3 is 0 Å². The van der Waals surface area contributed by atoms with E-state index in [1.165, 1.54) is 6.92 Å². The van der Waals surface area contributed by atoms with Gasteiger partial charge < -0.3 is 15.6 Å². The Morgan fingerprint density at radius 3 is 2.93 bits per heavy atom. The van der Waals surface area contributed by atoms with E-state index in [-0.39, 0.29) is 24.9 Å². The number of nitrogens with one attached hydrogen (secondary N) is 1. The summed E-state index contributed by atoms with van der Waals surface area (Å²) in [6, 6.07) is 0. The molecule has 1 heterocycles. The van der Waals surface area contributed by atoms with Crippen molar-refractivity contribution in [1.29, 1.82) is 0 Å². The van der Waals surface area contributed by atoms with Crippen LogP contribution in [-0.2, 0) is 17.8 Å². The van der Waals surface area contributed by atoms with Crippen LogP contribution in [0.15, 0.2) is 4.52 Å². The summed E-state index contributed by atoms with van der Waals surface area (Å²) in [5, 5.41) is 6.22. The van der Waals surface area contributed by atoms with E-state index in [4.69, 9.17) is 10.3 Å². The number of amides is 1. The van der Waals surface area contributed by atoms with E-state index < -0.39 is 0 Å². The summed E-state index contributed by atoms with van der Waals surface area (Å²) >= 11 is 0. The van der Waals surface area contributed by atoms with Gasteiger partial charge in [-0.25, -0.2) is 0 Å². The lowest BCUT2D eigenvalue weighted by atomic mass is 10.4. The van der Waals surface area contributed by atoms with Gasteiger partial charge in [0.2, 0.25) is 11.8 Å². The molecule has 0 saturated heterocycles. The van der Waals surface area contributed by atoms with Crippen molar-refractivity contribution >= 4 is 18.3 Å². The second-order valence-electron chi connectivity index (χ2n) is 2.55. The second-order valence-corrected chi connectivity index (χ2v) is 2.55. The first-order chi connectivity index (χ1) is 6.22. The van der Waals surface area contributed by atoms with Crippen molar-refractivity contribution in [2.45, 2.75) is 19.9 Å². The van der Waals surface area contributed by atoms with E-state index in [0.717, 1.165) is 0 Å². The van der Waals surface area contributed by atoms with Crippen molar-refractivity contribution in [2.75, 3.05) is 6.54 Å². The highest BCUT2D eigenvalue weighted by Gasteiger charge is 2.04. The van der Waals surface area contributed by atoms with Crippen molar-refractivity contribution in [1.82, 2.24) is 15.5 Å². The smallest absolute Gasteiger partial charge is 0.246 e. The molecule has 0 aliphatic heterocycles. The zero-order chi connectivity index (χ0) is 9.68. The first kappa shape index (κ1) is 12.9.